The molecule has 1 aromatic rings. The molecule has 2 N–H and O–H groups in total. The van der Waals surface area contributed by atoms with Crippen molar-refractivity contribution in [3.63, 3.8) is 0 Å². The lowest BCUT2D eigenvalue weighted by Crippen LogP contribution is -2.36. The van der Waals surface area contributed by atoms with E-state index in [0.29, 0.717) is 11.7 Å². The SMILES string of the molecule is CN(C)CC1CCN(Cc2nc(C(C)(C)N)no2)CC1.Cl.Cl. The summed E-state index contributed by atoms with van der Waals surface area (Å²) in [5.74, 6) is 2.06. The maximum absolute atomic E-state index is 5.96. The van der Waals surface area contributed by atoms with Crippen molar-refractivity contribution in [2.75, 3.05) is 33.7 Å². The van der Waals surface area contributed by atoms with Gasteiger partial charge in [-0.1, -0.05) is 5.16 Å². The van der Waals surface area contributed by atoms with Crippen LogP contribution in [0.3, 0.4) is 0 Å². The van der Waals surface area contributed by atoms with Crippen LogP contribution in [0.2, 0.25) is 0 Å². The van der Waals surface area contributed by atoms with Gasteiger partial charge in [-0.2, -0.15) is 4.98 Å². The first-order valence-corrected chi connectivity index (χ1v) is 7.33. The highest BCUT2D eigenvalue weighted by Crippen LogP contribution is 2.20. The molecule has 1 aromatic heterocycles. The van der Waals surface area contributed by atoms with Gasteiger partial charge in [0.1, 0.15) is 0 Å². The molecule has 8 heteroatoms. The van der Waals surface area contributed by atoms with Crippen LogP contribution in [0.15, 0.2) is 4.52 Å². The Bertz CT molecular complexity index is 425. The molecule has 0 radical (unpaired) electrons. The molecule has 0 unspecified atom stereocenters. The largest absolute Gasteiger partial charge is 0.338 e. The molecule has 0 atom stereocenters. The summed E-state index contributed by atoms with van der Waals surface area (Å²) >= 11 is 0. The maximum atomic E-state index is 5.96. The second-order valence-electron chi connectivity index (χ2n) is 6.72. The van der Waals surface area contributed by atoms with Crippen molar-refractivity contribution in [3.05, 3.63) is 11.7 Å². The fourth-order valence-corrected chi connectivity index (χ4v) is 2.62. The summed E-state index contributed by atoms with van der Waals surface area (Å²) in [7, 11) is 4.28. The number of halogens is 2. The average molecular weight is 354 g/mol. The number of likely N-dealkylation sites (tertiary alicyclic amines) is 1. The van der Waals surface area contributed by atoms with Gasteiger partial charge in [0.05, 0.1) is 12.1 Å². The summed E-state index contributed by atoms with van der Waals surface area (Å²) < 4.78 is 5.29. The van der Waals surface area contributed by atoms with E-state index < -0.39 is 5.54 Å². The standard InChI is InChI=1S/C14H27N5O.2ClH/c1-14(2,15)13-16-12(20-17-13)10-19-7-5-11(6-8-19)9-18(3)4;;/h11H,5-10,15H2,1-4H3;2*1H. The van der Waals surface area contributed by atoms with Crippen LogP contribution in [-0.2, 0) is 12.1 Å². The van der Waals surface area contributed by atoms with Gasteiger partial charge >= 0.3 is 0 Å². The Morgan fingerprint density at radius 3 is 2.32 bits per heavy atom. The molecular weight excluding hydrogens is 325 g/mol. The van der Waals surface area contributed by atoms with E-state index in [1.807, 2.05) is 13.8 Å². The molecule has 0 amide bonds. The summed E-state index contributed by atoms with van der Waals surface area (Å²) in [6, 6.07) is 0. The van der Waals surface area contributed by atoms with Gasteiger partial charge in [0, 0.05) is 6.54 Å². The second kappa shape index (κ2) is 9.03. The van der Waals surface area contributed by atoms with Gasteiger partial charge in [-0.15, -0.1) is 24.8 Å². The van der Waals surface area contributed by atoms with Crippen LogP contribution in [0.5, 0.6) is 0 Å². The summed E-state index contributed by atoms with van der Waals surface area (Å²) in [6.07, 6.45) is 2.48. The maximum Gasteiger partial charge on any atom is 0.240 e. The van der Waals surface area contributed by atoms with E-state index in [-0.39, 0.29) is 24.8 Å². The molecule has 2 rings (SSSR count). The molecule has 22 heavy (non-hydrogen) atoms. The van der Waals surface area contributed by atoms with Crippen molar-refractivity contribution < 1.29 is 4.52 Å². The van der Waals surface area contributed by atoms with Crippen molar-refractivity contribution in [2.45, 2.75) is 38.8 Å². The molecule has 130 valence electrons. The van der Waals surface area contributed by atoms with Crippen LogP contribution >= 0.6 is 24.8 Å². The number of hydrogen-bond donors (Lipinski definition) is 1. The molecule has 1 aliphatic heterocycles. The lowest BCUT2D eigenvalue weighted by Gasteiger charge is -2.32. The second-order valence-corrected chi connectivity index (χ2v) is 6.72. The third-order valence-corrected chi connectivity index (χ3v) is 3.73. The zero-order valence-electron chi connectivity index (χ0n) is 13.9. The third kappa shape index (κ3) is 6.38. The molecule has 1 saturated heterocycles. The number of hydrogen-bond acceptors (Lipinski definition) is 6. The Labute approximate surface area is 145 Å². The topological polar surface area (TPSA) is 71.4 Å². The van der Waals surface area contributed by atoms with E-state index in [4.69, 9.17) is 10.3 Å². The van der Waals surface area contributed by atoms with Crippen molar-refractivity contribution in [1.82, 2.24) is 19.9 Å². The first-order chi connectivity index (χ1) is 9.34. The number of nitrogens with zero attached hydrogens (tertiary/aromatic N) is 4. The predicted molar refractivity (Wildman–Crippen MR) is 92.6 cm³/mol. The molecule has 0 aliphatic carbocycles. The van der Waals surface area contributed by atoms with Gasteiger partial charge in [0.15, 0.2) is 5.82 Å². The highest BCUT2D eigenvalue weighted by Gasteiger charge is 2.24. The molecular formula is C14H29Cl2N5O. The zero-order chi connectivity index (χ0) is 14.8. The highest BCUT2D eigenvalue weighted by atomic mass is 35.5. The van der Waals surface area contributed by atoms with E-state index in [0.717, 1.165) is 25.6 Å². The number of nitrogens with two attached hydrogens (primary N) is 1. The van der Waals surface area contributed by atoms with Crippen LogP contribution in [0.4, 0.5) is 0 Å². The van der Waals surface area contributed by atoms with Gasteiger partial charge < -0.3 is 15.2 Å². The number of aromatic nitrogens is 2. The molecule has 2 heterocycles. The Morgan fingerprint density at radius 1 is 1.27 bits per heavy atom. The van der Waals surface area contributed by atoms with Crippen LogP contribution in [0, 0.1) is 5.92 Å². The summed E-state index contributed by atoms with van der Waals surface area (Å²) in [6.45, 7) is 7.88. The smallest absolute Gasteiger partial charge is 0.240 e. The first-order valence-electron chi connectivity index (χ1n) is 7.33. The minimum absolute atomic E-state index is 0. The monoisotopic (exact) mass is 353 g/mol. The summed E-state index contributed by atoms with van der Waals surface area (Å²) in [4.78, 5) is 9.04. The number of rotatable bonds is 5. The quantitative estimate of drug-likeness (QED) is 0.871. The van der Waals surface area contributed by atoms with Crippen molar-refractivity contribution in [1.29, 1.82) is 0 Å². The fourth-order valence-electron chi connectivity index (χ4n) is 2.62. The van der Waals surface area contributed by atoms with Crippen LogP contribution in [-0.4, -0.2) is 53.7 Å². The van der Waals surface area contributed by atoms with Crippen LogP contribution < -0.4 is 5.73 Å². The first kappa shape index (κ1) is 21.6. The van der Waals surface area contributed by atoms with E-state index in [2.05, 4.69) is 34.0 Å². The van der Waals surface area contributed by atoms with E-state index in [1.54, 1.807) is 0 Å². The van der Waals surface area contributed by atoms with Gasteiger partial charge in [-0.3, -0.25) is 4.90 Å². The van der Waals surface area contributed by atoms with Crippen molar-refractivity contribution >= 4 is 24.8 Å². The van der Waals surface area contributed by atoms with E-state index in [9.17, 15) is 0 Å². The summed E-state index contributed by atoms with van der Waals surface area (Å²) in [5.41, 5.74) is 5.42. The molecule has 1 fully saturated rings. The Morgan fingerprint density at radius 2 is 1.86 bits per heavy atom. The lowest BCUT2D eigenvalue weighted by atomic mass is 9.96. The normalized spacial score (nSPS) is 17.2. The average Bonchev–Trinajstić information content (AvgIpc) is 2.79. The third-order valence-electron chi connectivity index (χ3n) is 3.73. The minimum Gasteiger partial charge on any atom is -0.338 e. The van der Waals surface area contributed by atoms with Gasteiger partial charge in [0.25, 0.3) is 0 Å². The van der Waals surface area contributed by atoms with E-state index >= 15 is 0 Å². The minimum atomic E-state index is -0.541. The van der Waals surface area contributed by atoms with Gasteiger partial charge in [0.2, 0.25) is 5.89 Å². The molecule has 0 spiro atoms. The Kier molecular flexibility index (Phi) is 8.87. The molecule has 0 saturated carbocycles. The van der Waals surface area contributed by atoms with Crippen LogP contribution in [0.1, 0.15) is 38.4 Å². The molecule has 0 bridgehead atoms. The predicted octanol–water partition coefficient (Wildman–Crippen LogP) is 1.88. The van der Waals surface area contributed by atoms with E-state index in [1.165, 1.54) is 19.4 Å². The zero-order valence-corrected chi connectivity index (χ0v) is 15.5. The lowest BCUT2D eigenvalue weighted by molar-refractivity contribution is 0.143. The van der Waals surface area contributed by atoms with Crippen molar-refractivity contribution in [3.8, 4) is 0 Å². The highest BCUT2D eigenvalue weighted by molar-refractivity contribution is 5.85. The van der Waals surface area contributed by atoms with Gasteiger partial charge in [-0.05, 0) is 59.8 Å². The molecule has 1 aliphatic rings. The van der Waals surface area contributed by atoms with Gasteiger partial charge in [-0.25, -0.2) is 0 Å². The van der Waals surface area contributed by atoms with Crippen LogP contribution in [0.25, 0.3) is 0 Å². The van der Waals surface area contributed by atoms with Crippen molar-refractivity contribution in [2.24, 2.45) is 11.7 Å². The summed E-state index contributed by atoms with van der Waals surface area (Å²) in [5, 5.41) is 3.96. The Hall–Kier alpha value is -0.400. The number of piperidine rings is 1. The molecule has 6 nitrogen and oxygen atoms in total. The Balaban J connectivity index is 0.00000220. The fraction of sp³-hybridized carbons (Fsp3) is 0.857. The molecule has 0 aromatic carbocycles.